The maximum absolute atomic E-state index is 11.8. The Labute approximate surface area is 103 Å². The second kappa shape index (κ2) is 7.11. The molecule has 2 amide bonds. The predicted molar refractivity (Wildman–Crippen MR) is 66.0 cm³/mol. The van der Waals surface area contributed by atoms with E-state index >= 15 is 0 Å². The number of carbonyl (C=O) groups is 2. The number of carbonyl (C=O) groups excluding carboxylic acids is 1. The summed E-state index contributed by atoms with van der Waals surface area (Å²) in [4.78, 5) is 25.9. The summed E-state index contributed by atoms with van der Waals surface area (Å²) in [5, 5.41) is 11.7. The lowest BCUT2D eigenvalue weighted by atomic mass is 10.2. The molecule has 0 rings (SSSR count). The van der Waals surface area contributed by atoms with Crippen LogP contribution in [0.5, 0.6) is 0 Å². The SMILES string of the molecule is CCC(C(=O)O)N(C)C(=O)NC(C)CN(C)C. The molecule has 0 aliphatic heterocycles. The first-order valence-electron chi connectivity index (χ1n) is 5.70. The molecule has 6 nitrogen and oxygen atoms in total. The van der Waals surface area contributed by atoms with E-state index in [1.807, 2.05) is 25.9 Å². The van der Waals surface area contributed by atoms with Gasteiger partial charge in [-0.05, 0) is 27.4 Å². The summed E-state index contributed by atoms with van der Waals surface area (Å²) in [7, 11) is 5.33. The van der Waals surface area contributed by atoms with E-state index < -0.39 is 12.0 Å². The minimum atomic E-state index is -0.981. The van der Waals surface area contributed by atoms with Gasteiger partial charge < -0.3 is 20.2 Å². The number of likely N-dealkylation sites (N-methyl/N-ethyl adjacent to an activating group) is 2. The van der Waals surface area contributed by atoms with Crippen molar-refractivity contribution in [2.45, 2.75) is 32.4 Å². The first-order chi connectivity index (χ1) is 7.79. The summed E-state index contributed by atoms with van der Waals surface area (Å²) in [6.45, 7) is 4.34. The Morgan fingerprint density at radius 2 is 1.82 bits per heavy atom. The molecule has 2 N–H and O–H groups in total. The molecule has 0 aliphatic carbocycles. The molecule has 17 heavy (non-hydrogen) atoms. The maximum atomic E-state index is 11.8. The van der Waals surface area contributed by atoms with Gasteiger partial charge in [0.05, 0.1) is 0 Å². The third kappa shape index (κ3) is 5.53. The number of rotatable bonds is 6. The van der Waals surface area contributed by atoms with Gasteiger partial charge in [-0.15, -0.1) is 0 Å². The molecular formula is C11H23N3O3. The van der Waals surface area contributed by atoms with E-state index in [0.717, 1.165) is 0 Å². The van der Waals surface area contributed by atoms with Gasteiger partial charge in [0.1, 0.15) is 6.04 Å². The predicted octanol–water partition coefficient (Wildman–Crippen LogP) is 0.441. The maximum Gasteiger partial charge on any atom is 0.326 e. The lowest BCUT2D eigenvalue weighted by Gasteiger charge is -2.26. The Kier molecular flexibility index (Phi) is 6.57. The molecule has 0 aromatic rings. The summed E-state index contributed by atoms with van der Waals surface area (Å²) < 4.78 is 0. The highest BCUT2D eigenvalue weighted by molar-refractivity contribution is 5.82. The monoisotopic (exact) mass is 245 g/mol. The van der Waals surface area contributed by atoms with E-state index in [4.69, 9.17) is 5.11 Å². The standard InChI is InChI=1S/C11H23N3O3/c1-6-9(10(15)16)14(5)11(17)12-8(2)7-13(3)4/h8-9H,6-7H2,1-5H3,(H,12,17)(H,15,16). The van der Waals surface area contributed by atoms with Crippen LogP contribution in [-0.2, 0) is 4.79 Å². The molecule has 6 heteroatoms. The fourth-order valence-corrected chi connectivity index (χ4v) is 1.66. The number of nitrogens with zero attached hydrogens (tertiary/aromatic N) is 2. The van der Waals surface area contributed by atoms with Crippen LogP contribution in [0.3, 0.4) is 0 Å². The summed E-state index contributed by atoms with van der Waals surface area (Å²) in [6.07, 6.45) is 0.390. The molecule has 0 fully saturated rings. The van der Waals surface area contributed by atoms with Crippen molar-refractivity contribution in [2.75, 3.05) is 27.7 Å². The molecule has 0 aromatic heterocycles. The smallest absolute Gasteiger partial charge is 0.326 e. The average molecular weight is 245 g/mol. The van der Waals surface area contributed by atoms with Crippen LogP contribution in [0.4, 0.5) is 4.79 Å². The van der Waals surface area contributed by atoms with Crippen molar-refractivity contribution in [3.8, 4) is 0 Å². The van der Waals surface area contributed by atoms with Gasteiger partial charge in [-0.1, -0.05) is 6.92 Å². The number of urea groups is 1. The van der Waals surface area contributed by atoms with Crippen molar-refractivity contribution in [3.05, 3.63) is 0 Å². The number of nitrogens with one attached hydrogen (secondary N) is 1. The zero-order valence-corrected chi connectivity index (χ0v) is 11.2. The van der Waals surface area contributed by atoms with E-state index in [1.54, 1.807) is 6.92 Å². The lowest BCUT2D eigenvalue weighted by Crippen LogP contribution is -2.50. The zero-order chi connectivity index (χ0) is 13.6. The van der Waals surface area contributed by atoms with Crippen molar-refractivity contribution in [3.63, 3.8) is 0 Å². The van der Waals surface area contributed by atoms with Gasteiger partial charge in [-0.2, -0.15) is 0 Å². The van der Waals surface area contributed by atoms with Crippen molar-refractivity contribution in [1.29, 1.82) is 0 Å². The van der Waals surface area contributed by atoms with E-state index in [2.05, 4.69) is 5.32 Å². The molecular weight excluding hydrogens is 222 g/mol. The van der Waals surface area contributed by atoms with Crippen LogP contribution in [0.2, 0.25) is 0 Å². The third-order valence-electron chi connectivity index (χ3n) is 2.47. The second-order valence-electron chi connectivity index (χ2n) is 4.49. The van der Waals surface area contributed by atoms with Gasteiger partial charge >= 0.3 is 12.0 Å². The van der Waals surface area contributed by atoms with Crippen LogP contribution < -0.4 is 5.32 Å². The van der Waals surface area contributed by atoms with Crippen LogP contribution in [0.1, 0.15) is 20.3 Å². The van der Waals surface area contributed by atoms with E-state index in [9.17, 15) is 9.59 Å². The first kappa shape index (κ1) is 15.7. The number of carboxylic acids is 1. The van der Waals surface area contributed by atoms with Crippen molar-refractivity contribution in [1.82, 2.24) is 15.1 Å². The van der Waals surface area contributed by atoms with Crippen molar-refractivity contribution in [2.24, 2.45) is 0 Å². The van der Waals surface area contributed by atoms with E-state index in [-0.39, 0.29) is 12.1 Å². The van der Waals surface area contributed by atoms with Crippen LogP contribution in [0.25, 0.3) is 0 Å². The fraction of sp³-hybridized carbons (Fsp3) is 0.818. The fourth-order valence-electron chi connectivity index (χ4n) is 1.66. The summed E-state index contributed by atoms with van der Waals surface area (Å²) in [5.41, 5.74) is 0. The molecule has 0 aliphatic rings. The summed E-state index contributed by atoms with van der Waals surface area (Å²) in [5.74, 6) is -0.981. The highest BCUT2D eigenvalue weighted by atomic mass is 16.4. The minimum Gasteiger partial charge on any atom is -0.480 e. The van der Waals surface area contributed by atoms with Gasteiger partial charge in [-0.25, -0.2) is 9.59 Å². The molecule has 0 spiro atoms. The average Bonchev–Trinajstić information content (AvgIpc) is 2.16. The van der Waals surface area contributed by atoms with Gasteiger partial charge in [0.15, 0.2) is 0 Å². The van der Waals surface area contributed by atoms with Crippen LogP contribution in [0, 0.1) is 0 Å². The van der Waals surface area contributed by atoms with Gasteiger partial charge in [0.2, 0.25) is 0 Å². The normalized spacial score (nSPS) is 14.2. The van der Waals surface area contributed by atoms with Crippen LogP contribution in [-0.4, -0.2) is 66.7 Å². The van der Waals surface area contributed by atoms with Gasteiger partial charge in [0, 0.05) is 19.6 Å². The molecule has 0 saturated heterocycles. The first-order valence-corrected chi connectivity index (χ1v) is 5.70. The summed E-state index contributed by atoms with van der Waals surface area (Å²) in [6, 6.07) is -1.15. The Balaban J connectivity index is 4.34. The zero-order valence-electron chi connectivity index (χ0n) is 11.2. The third-order valence-corrected chi connectivity index (χ3v) is 2.47. The molecule has 0 aromatic carbocycles. The summed E-state index contributed by atoms with van der Waals surface area (Å²) >= 11 is 0. The highest BCUT2D eigenvalue weighted by Crippen LogP contribution is 2.02. The quantitative estimate of drug-likeness (QED) is 0.712. The second-order valence-corrected chi connectivity index (χ2v) is 4.49. The number of hydrogen-bond donors (Lipinski definition) is 2. The highest BCUT2D eigenvalue weighted by Gasteiger charge is 2.25. The van der Waals surface area contributed by atoms with Crippen LogP contribution >= 0.6 is 0 Å². The Hall–Kier alpha value is -1.30. The van der Waals surface area contributed by atoms with E-state index in [1.165, 1.54) is 11.9 Å². The minimum absolute atomic E-state index is 0.0220. The van der Waals surface area contributed by atoms with E-state index in [0.29, 0.717) is 13.0 Å². The Bertz CT molecular complexity index is 269. The Morgan fingerprint density at radius 1 is 1.29 bits per heavy atom. The molecule has 0 bridgehead atoms. The molecule has 100 valence electrons. The van der Waals surface area contributed by atoms with Gasteiger partial charge in [-0.3, -0.25) is 0 Å². The lowest BCUT2D eigenvalue weighted by molar-refractivity contribution is -0.141. The number of hydrogen-bond acceptors (Lipinski definition) is 3. The molecule has 2 atom stereocenters. The van der Waals surface area contributed by atoms with Crippen LogP contribution in [0.15, 0.2) is 0 Å². The number of amides is 2. The molecule has 0 heterocycles. The number of carboxylic acid groups (broad SMARTS) is 1. The molecule has 0 saturated carbocycles. The van der Waals surface area contributed by atoms with Crippen molar-refractivity contribution < 1.29 is 14.7 Å². The van der Waals surface area contributed by atoms with Gasteiger partial charge in [0.25, 0.3) is 0 Å². The Morgan fingerprint density at radius 3 is 2.18 bits per heavy atom. The molecule has 2 unspecified atom stereocenters. The largest absolute Gasteiger partial charge is 0.480 e. The number of aliphatic carboxylic acids is 1. The molecule has 0 radical (unpaired) electrons. The van der Waals surface area contributed by atoms with Crippen molar-refractivity contribution >= 4 is 12.0 Å². The topological polar surface area (TPSA) is 72.9 Å².